The van der Waals surface area contributed by atoms with Gasteiger partial charge in [-0.25, -0.2) is 4.79 Å². The van der Waals surface area contributed by atoms with Crippen molar-refractivity contribution in [1.29, 1.82) is 0 Å². The van der Waals surface area contributed by atoms with Gasteiger partial charge in [0.2, 0.25) is 0 Å². The Morgan fingerprint density at radius 3 is 2.20 bits per heavy atom. The van der Waals surface area contributed by atoms with Gasteiger partial charge in [0.1, 0.15) is 17.4 Å². The molecule has 2 aromatic rings. The van der Waals surface area contributed by atoms with Crippen LogP contribution in [0.5, 0.6) is 5.75 Å². The van der Waals surface area contributed by atoms with Crippen molar-refractivity contribution in [3.05, 3.63) is 65.7 Å². The highest BCUT2D eigenvalue weighted by Gasteiger charge is 2.20. The molecule has 0 fully saturated rings. The smallest absolute Gasteiger partial charge is 0.339 e. The van der Waals surface area contributed by atoms with E-state index in [4.69, 9.17) is 4.74 Å². The van der Waals surface area contributed by atoms with E-state index in [1.165, 1.54) is 0 Å². The third-order valence-corrected chi connectivity index (χ3v) is 3.11. The van der Waals surface area contributed by atoms with Gasteiger partial charge in [-0.1, -0.05) is 56.3 Å². The topological polar surface area (TPSA) is 46.5 Å². The molecule has 0 radical (unpaired) electrons. The fourth-order valence-electron chi connectivity index (χ4n) is 2.11. The van der Waals surface area contributed by atoms with Crippen molar-refractivity contribution >= 4 is 5.97 Å². The number of para-hydroxylation sites is 1. The molecule has 3 heteroatoms. The Bertz CT molecular complexity index is 576. The summed E-state index contributed by atoms with van der Waals surface area (Å²) in [6, 6.07) is 16.6. The summed E-state index contributed by atoms with van der Waals surface area (Å²) in [4.78, 5) is 11.2. The molecule has 2 rings (SSSR count). The second-order valence-corrected chi connectivity index (χ2v) is 4.99. The summed E-state index contributed by atoms with van der Waals surface area (Å²) < 4.78 is 5.97. The van der Waals surface area contributed by atoms with E-state index in [1.54, 1.807) is 24.3 Å². The molecular weight excluding hydrogens is 252 g/mol. The van der Waals surface area contributed by atoms with E-state index in [1.807, 2.05) is 30.3 Å². The molecule has 2 aromatic carbocycles. The van der Waals surface area contributed by atoms with Crippen LogP contribution in [0.4, 0.5) is 0 Å². The molecule has 0 heterocycles. The van der Waals surface area contributed by atoms with Gasteiger partial charge >= 0.3 is 5.97 Å². The predicted octanol–water partition coefficient (Wildman–Crippen LogP) is 4.16. The van der Waals surface area contributed by atoms with Crippen LogP contribution in [0, 0.1) is 5.92 Å². The number of aromatic carboxylic acids is 1. The average molecular weight is 270 g/mol. The zero-order valence-corrected chi connectivity index (χ0v) is 11.6. The minimum Gasteiger partial charge on any atom is -0.485 e. The summed E-state index contributed by atoms with van der Waals surface area (Å²) in [6.07, 6.45) is -0.170. The van der Waals surface area contributed by atoms with Gasteiger partial charge in [0.25, 0.3) is 0 Å². The molecule has 0 saturated carbocycles. The third-order valence-electron chi connectivity index (χ3n) is 3.11. The van der Waals surface area contributed by atoms with Crippen LogP contribution in [0.15, 0.2) is 54.6 Å². The number of ether oxygens (including phenoxy) is 1. The zero-order valence-electron chi connectivity index (χ0n) is 11.6. The molecule has 104 valence electrons. The summed E-state index contributed by atoms with van der Waals surface area (Å²) in [5.74, 6) is -0.335. The maximum absolute atomic E-state index is 11.2. The largest absolute Gasteiger partial charge is 0.485 e. The van der Waals surface area contributed by atoms with Gasteiger partial charge in [-0.2, -0.15) is 0 Å². The number of benzene rings is 2. The minimum atomic E-state index is -0.976. The third kappa shape index (κ3) is 3.18. The van der Waals surface area contributed by atoms with E-state index in [0.29, 0.717) is 5.75 Å². The Hall–Kier alpha value is -2.29. The van der Waals surface area contributed by atoms with Crippen molar-refractivity contribution in [2.24, 2.45) is 5.92 Å². The van der Waals surface area contributed by atoms with E-state index in [2.05, 4.69) is 13.8 Å². The molecule has 20 heavy (non-hydrogen) atoms. The first-order valence-corrected chi connectivity index (χ1v) is 6.63. The lowest BCUT2D eigenvalue weighted by Gasteiger charge is -2.24. The van der Waals surface area contributed by atoms with Gasteiger partial charge in [-0.15, -0.1) is 0 Å². The lowest BCUT2D eigenvalue weighted by molar-refractivity contribution is 0.0685. The second kappa shape index (κ2) is 6.24. The number of carbonyl (C=O) groups is 1. The highest BCUT2D eigenvalue weighted by atomic mass is 16.5. The van der Waals surface area contributed by atoms with Crippen molar-refractivity contribution < 1.29 is 14.6 Å². The molecule has 1 unspecified atom stereocenters. The summed E-state index contributed by atoms with van der Waals surface area (Å²) in [7, 11) is 0. The molecule has 0 aliphatic rings. The number of rotatable bonds is 5. The molecule has 1 atom stereocenters. The molecule has 1 N–H and O–H groups in total. The molecule has 0 aromatic heterocycles. The van der Waals surface area contributed by atoms with Gasteiger partial charge in [-0.3, -0.25) is 0 Å². The van der Waals surface area contributed by atoms with Crippen molar-refractivity contribution in [2.45, 2.75) is 20.0 Å². The number of carboxylic acid groups (broad SMARTS) is 1. The highest BCUT2D eigenvalue weighted by molar-refractivity contribution is 5.90. The average Bonchev–Trinajstić information content (AvgIpc) is 2.45. The van der Waals surface area contributed by atoms with Gasteiger partial charge in [0.15, 0.2) is 0 Å². The maximum Gasteiger partial charge on any atom is 0.339 e. The van der Waals surface area contributed by atoms with E-state index in [-0.39, 0.29) is 17.6 Å². The SMILES string of the molecule is CC(C)C(Oc1ccccc1C(=O)O)c1ccccc1. The molecule has 0 amide bonds. The van der Waals surface area contributed by atoms with Crippen molar-refractivity contribution in [1.82, 2.24) is 0 Å². The van der Waals surface area contributed by atoms with Crippen LogP contribution >= 0.6 is 0 Å². The van der Waals surface area contributed by atoms with Crippen LogP contribution in [0.2, 0.25) is 0 Å². The lowest BCUT2D eigenvalue weighted by atomic mass is 9.99. The molecule has 0 bridgehead atoms. The Morgan fingerprint density at radius 2 is 1.60 bits per heavy atom. The first kappa shape index (κ1) is 14.1. The summed E-state index contributed by atoms with van der Waals surface area (Å²) in [5.41, 5.74) is 1.23. The quantitative estimate of drug-likeness (QED) is 0.887. The van der Waals surface area contributed by atoms with Gasteiger partial charge in [-0.05, 0) is 23.6 Å². The van der Waals surface area contributed by atoms with Crippen molar-refractivity contribution in [2.75, 3.05) is 0 Å². The Kier molecular flexibility index (Phi) is 4.41. The van der Waals surface area contributed by atoms with Crippen LogP contribution in [0.1, 0.15) is 35.9 Å². The van der Waals surface area contributed by atoms with E-state index in [0.717, 1.165) is 5.56 Å². The maximum atomic E-state index is 11.2. The normalized spacial score (nSPS) is 12.2. The summed E-state index contributed by atoms with van der Waals surface area (Å²) >= 11 is 0. The number of hydrogen-bond donors (Lipinski definition) is 1. The first-order chi connectivity index (χ1) is 9.59. The number of carboxylic acids is 1. The van der Waals surface area contributed by atoms with E-state index in [9.17, 15) is 9.90 Å². The molecule has 0 aliphatic carbocycles. The van der Waals surface area contributed by atoms with Crippen LogP contribution < -0.4 is 4.74 Å². The molecule has 3 nitrogen and oxygen atoms in total. The van der Waals surface area contributed by atoms with Crippen LogP contribution in [0.25, 0.3) is 0 Å². The van der Waals surface area contributed by atoms with Crippen LogP contribution in [0.3, 0.4) is 0 Å². The monoisotopic (exact) mass is 270 g/mol. The molecular formula is C17H18O3. The Labute approximate surface area is 118 Å². The standard InChI is InChI=1S/C17H18O3/c1-12(2)16(13-8-4-3-5-9-13)20-15-11-7-6-10-14(15)17(18)19/h3-12,16H,1-2H3,(H,18,19). The second-order valence-electron chi connectivity index (χ2n) is 4.99. The Morgan fingerprint density at radius 1 is 1.00 bits per heavy atom. The zero-order chi connectivity index (χ0) is 14.5. The molecule has 0 aliphatic heterocycles. The van der Waals surface area contributed by atoms with E-state index >= 15 is 0 Å². The van der Waals surface area contributed by atoms with Gasteiger partial charge < -0.3 is 9.84 Å². The van der Waals surface area contributed by atoms with Crippen molar-refractivity contribution in [3.8, 4) is 5.75 Å². The molecule has 0 spiro atoms. The Balaban J connectivity index is 2.33. The van der Waals surface area contributed by atoms with Crippen LogP contribution in [-0.4, -0.2) is 11.1 Å². The minimum absolute atomic E-state index is 0.170. The van der Waals surface area contributed by atoms with Gasteiger partial charge in [0.05, 0.1) is 0 Å². The lowest BCUT2D eigenvalue weighted by Crippen LogP contribution is -2.15. The fraction of sp³-hybridized carbons (Fsp3) is 0.235. The summed E-state index contributed by atoms with van der Waals surface area (Å²) in [6.45, 7) is 4.11. The predicted molar refractivity (Wildman–Crippen MR) is 78.1 cm³/mol. The van der Waals surface area contributed by atoms with Crippen LogP contribution in [-0.2, 0) is 0 Å². The highest BCUT2D eigenvalue weighted by Crippen LogP contribution is 2.30. The fourth-order valence-corrected chi connectivity index (χ4v) is 2.11. The van der Waals surface area contributed by atoms with Gasteiger partial charge in [0, 0.05) is 0 Å². The first-order valence-electron chi connectivity index (χ1n) is 6.63. The van der Waals surface area contributed by atoms with E-state index < -0.39 is 5.97 Å². The molecule has 0 saturated heterocycles. The van der Waals surface area contributed by atoms with Crippen molar-refractivity contribution in [3.63, 3.8) is 0 Å². The summed E-state index contributed by atoms with van der Waals surface area (Å²) in [5, 5.41) is 9.21. The number of hydrogen-bond acceptors (Lipinski definition) is 2.